The molecule has 0 saturated carbocycles. The molecule has 0 unspecified atom stereocenters. The summed E-state index contributed by atoms with van der Waals surface area (Å²) in [5.74, 6) is 1.24. The van der Waals surface area contributed by atoms with Gasteiger partial charge in [0.05, 0.1) is 11.9 Å². The predicted molar refractivity (Wildman–Crippen MR) is 94.5 cm³/mol. The van der Waals surface area contributed by atoms with E-state index >= 15 is 0 Å². The summed E-state index contributed by atoms with van der Waals surface area (Å²) in [6.45, 7) is 2.98. The molecule has 1 aromatic carbocycles. The van der Waals surface area contributed by atoms with Crippen LogP contribution in [0.3, 0.4) is 0 Å². The van der Waals surface area contributed by atoms with E-state index in [9.17, 15) is 4.79 Å². The minimum absolute atomic E-state index is 0.000767. The number of hydrogen-bond acceptors (Lipinski definition) is 6. The number of amides is 1. The van der Waals surface area contributed by atoms with Gasteiger partial charge in [-0.25, -0.2) is 0 Å². The maximum Gasteiger partial charge on any atom is 0.258 e. The Morgan fingerprint density at radius 2 is 2.04 bits per heavy atom. The van der Waals surface area contributed by atoms with E-state index in [4.69, 9.17) is 4.74 Å². The van der Waals surface area contributed by atoms with Crippen molar-refractivity contribution in [2.45, 2.75) is 6.92 Å². The molecule has 0 atom stereocenters. The summed E-state index contributed by atoms with van der Waals surface area (Å²) in [5.41, 5.74) is 1.97. The van der Waals surface area contributed by atoms with Crippen LogP contribution in [0.5, 0.6) is 5.75 Å². The molecule has 7 heteroatoms. The van der Waals surface area contributed by atoms with Gasteiger partial charge in [0, 0.05) is 33.3 Å². The molecule has 24 heavy (non-hydrogen) atoms. The molecule has 0 fully saturated rings. The number of nitrogens with zero attached hydrogens (tertiary/aromatic N) is 3. The number of benzene rings is 1. The molecule has 1 aromatic heterocycles. The fourth-order valence-electron chi connectivity index (χ4n) is 1.99. The number of nitrogens with one attached hydrogen (secondary N) is 2. The maximum atomic E-state index is 11.8. The summed E-state index contributed by atoms with van der Waals surface area (Å²) in [5, 5.41) is 13.8. The van der Waals surface area contributed by atoms with Crippen LogP contribution in [-0.2, 0) is 4.79 Å². The Morgan fingerprint density at radius 1 is 1.25 bits per heavy atom. The molecule has 0 radical (unpaired) electrons. The van der Waals surface area contributed by atoms with Gasteiger partial charge in [-0.2, -0.15) is 5.10 Å². The molecule has 0 saturated heterocycles. The quantitative estimate of drug-likeness (QED) is 0.714. The highest BCUT2D eigenvalue weighted by molar-refractivity contribution is 5.77. The summed E-state index contributed by atoms with van der Waals surface area (Å²) < 4.78 is 5.50. The van der Waals surface area contributed by atoms with Crippen LogP contribution in [0.4, 0.5) is 11.5 Å². The first kappa shape index (κ1) is 17.5. The van der Waals surface area contributed by atoms with Gasteiger partial charge in [-0.3, -0.25) is 4.79 Å². The molecule has 0 aliphatic carbocycles. The lowest BCUT2D eigenvalue weighted by Crippen LogP contribution is -2.32. The molecule has 1 amide bonds. The van der Waals surface area contributed by atoms with Gasteiger partial charge in [0.1, 0.15) is 5.75 Å². The summed E-state index contributed by atoms with van der Waals surface area (Å²) in [6.07, 6.45) is 1.69. The second-order valence-corrected chi connectivity index (χ2v) is 5.52. The molecule has 0 aliphatic heterocycles. The number of ether oxygens (including phenoxy) is 1. The van der Waals surface area contributed by atoms with Crippen LogP contribution in [0, 0.1) is 6.92 Å². The molecule has 2 rings (SSSR count). The first-order chi connectivity index (χ1) is 11.6. The van der Waals surface area contributed by atoms with Crippen molar-refractivity contribution in [1.29, 1.82) is 0 Å². The van der Waals surface area contributed by atoms with Gasteiger partial charge in [0.15, 0.2) is 12.4 Å². The summed E-state index contributed by atoms with van der Waals surface area (Å²) in [7, 11) is 3.88. The van der Waals surface area contributed by atoms with Crippen LogP contribution in [0.15, 0.2) is 36.5 Å². The van der Waals surface area contributed by atoms with E-state index in [1.165, 1.54) is 0 Å². The molecule has 2 aromatic rings. The molecule has 1 heterocycles. The highest BCUT2D eigenvalue weighted by atomic mass is 16.5. The number of anilines is 2. The van der Waals surface area contributed by atoms with E-state index < -0.39 is 0 Å². The molecule has 0 bridgehead atoms. The zero-order valence-corrected chi connectivity index (χ0v) is 14.2. The van der Waals surface area contributed by atoms with E-state index in [1.807, 2.05) is 56.3 Å². The summed E-state index contributed by atoms with van der Waals surface area (Å²) >= 11 is 0. The lowest BCUT2D eigenvalue weighted by Gasteiger charge is -2.13. The van der Waals surface area contributed by atoms with Crippen molar-refractivity contribution in [2.75, 3.05) is 44.0 Å². The Bertz CT molecular complexity index is 676. The van der Waals surface area contributed by atoms with Gasteiger partial charge in [-0.15, -0.1) is 5.10 Å². The first-order valence-corrected chi connectivity index (χ1v) is 7.75. The monoisotopic (exact) mass is 329 g/mol. The van der Waals surface area contributed by atoms with Crippen molar-refractivity contribution in [3.63, 3.8) is 0 Å². The molecule has 128 valence electrons. The number of rotatable bonds is 8. The largest absolute Gasteiger partial charge is 0.484 e. The number of aryl methyl sites for hydroxylation is 1. The third kappa shape index (κ3) is 5.42. The highest BCUT2D eigenvalue weighted by Gasteiger charge is 2.04. The number of carbonyl (C=O) groups excluding carboxylic acids is 1. The fourth-order valence-corrected chi connectivity index (χ4v) is 1.99. The van der Waals surface area contributed by atoms with E-state index in [-0.39, 0.29) is 12.5 Å². The van der Waals surface area contributed by atoms with Crippen molar-refractivity contribution in [3.05, 3.63) is 42.1 Å². The molecule has 2 N–H and O–H groups in total. The number of carbonyl (C=O) groups is 1. The van der Waals surface area contributed by atoms with Gasteiger partial charge >= 0.3 is 0 Å². The zero-order chi connectivity index (χ0) is 17.4. The minimum atomic E-state index is -0.159. The average molecular weight is 329 g/mol. The van der Waals surface area contributed by atoms with Crippen LogP contribution in [-0.4, -0.2) is 49.9 Å². The van der Waals surface area contributed by atoms with Crippen LogP contribution in [0.25, 0.3) is 0 Å². The Labute approximate surface area is 142 Å². The Kier molecular flexibility index (Phi) is 6.36. The fraction of sp³-hybridized carbons (Fsp3) is 0.353. The average Bonchev–Trinajstić information content (AvgIpc) is 2.58. The van der Waals surface area contributed by atoms with Crippen molar-refractivity contribution in [1.82, 2.24) is 15.5 Å². The van der Waals surface area contributed by atoms with Crippen LogP contribution in [0.1, 0.15) is 5.56 Å². The Morgan fingerprint density at radius 3 is 2.79 bits per heavy atom. The summed E-state index contributed by atoms with van der Waals surface area (Å²) in [6, 6.07) is 9.51. The smallest absolute Gasteiger partial charge is 0.258 e. The van der Waals surface area contributed by atoms with Gasteiger partial charge in [0.2, 0.25) is 0 Å². The standard InChI is InChI=1S/C17H23N5O2/c1-13-6-4-5-7-15(13)24-12-17(23)19-9-8-18-16-10-14(22(2)3)11-20-21-16/h4-7,10-11H,8-9,12H2,1-3H3,(H,18,21)(H,19,23). The van der Waals surface area contributed by atoms with Crippen molar-refractivity contribution >= 4 is 17.4 Å². The second-order valence-electron chi connectivity index (χ2n) is 5.52. The molecular weight excluding hydrogens is 306 g/mol. The predicted octanol–water partition coefficient (Wildman–Crippen LogP) is 1.46. The molecular formula is C17H23N5O2. The van der Waals surface area contributed by atoms with Gasteiger partial charge in [0.25, 0.3) is 5.91 Å². The molecule has 0 spiro atoms. The number of aromatic nitrogens is 2. The van der Waals surface area contributed by atoms with Crippen LogP contribution < -0.4 is 20.3 Å². The molecule has 7 nitrogen and oxygen atoms in total. The SMILES string of the molecule is Cc1ccccc1OCC(=O)NCCNc1cc(N(C)C)cnn1. The summed E-state index contributed by atoms with van der Waals surface area (Å²) in [4.78, 5) is 13.7. The van der Waals surface area contributed by atoms with Gasteiger partial charge in [-0.1, -0.05) is 18.2 Å². The minimum Gasteiger partial charge on any atom is -0.484 e. The molecule has 0 aliphatic rings. The Balaban J connectivity index is 1.68. The third-order valence-corrected chi connectivity index (χ3v) is 3.36. The number of hydrogen-bond donors (Lipinski definition) is 2. The van der Waals surface area contributed by atoms with Gasteiger partial charge < -0.3 is 20.3 Å². The zero-order valence-electron chi connectivity index (χ0n) is 14.2. The van der Waals surface area contributed by atoms with Crippen LogP contribution in [0.2, 0.25) is 0 Å². The Hall–Kier alpha value is -2.83. The lowest BCUT2D eigenvalue weighted by atomic mass is 10.2. The maximum absolute atomic E-state index is 11.8. The normalized spacial score (nSPS) is 10.1. The van der Waals surface area contributed by atoms with E-state index in [0.29, 0.717) is 18.9 Å². The van der Waals surface area contributed by atoms with Crippen molar-refractivity contribution < 1.29 is 9.53 Å². The van der Waals surface area contributed by atoms with E-state index in [1.54, 1.807) is 6.20 Å². The van der Waals surface area contributed by atoms with Crippen molar-refractivity contribution in [2.24, 2.45) is 0 Å². The topological polar surface area (TPSA) is 79.4 Å². The second kappa shape index (κ2) is 8.71. The highest BCUT2D eigenvalue weighted by Crippen LogP contribution is 2.15. The lowest BCUT2D eigenvalue weighted by molar-refractivity contribution is -0.123. The third-order valence-electron chi connectivity index (χ3n) is 3.36. The van der Waals surface area contributed by atoms with E-state index in [2.05, 4.69) is 20.8 Å². The van der Waals surface area contributed by atoms with Crippen molar-refractivity contribution in [3.8, 4) is 5.75 Å². The number of para-hydroxylation sites is 1. The van der Waals surface area contributed by atoms with Crippen LogP contribution >= 0.6 is 0 Å². The van der Waals surface area contributed by atoms with E-state index in [0.717, 1.165) is 17.0 Å². The van der Waals surface area contributed by atoms with Gasteiger partial charge in [-0.05, 0) is 18.6 Å². The first-order valence-electron chi connectivity index (χ1n) is 7.75.